The molecule has 0 aromatic carbocycles. The van der Waals surface area contributed by atoms with E-state index in [0.717, 1.165) is 37.9 Å². The standard InChI is InChI=1S/C14H19FN2O3/c15-10-8-12(14(19)20)13(16-9-10)17(6-7-18)11-4-2-1-3-5-11/h8-9,11,18H,1-7H2,(H,19,20). The van der Waals surface area contributed by atoms with Crippen LogP contribution in [0.25, 0.3) is 0 Å². The second kappa shape index (κ2) is 6.65. The first kappa shape index (κ1) is 14.7. The molecule has 1 aliphatic rings. The summed E-state index contributed by atoms with van der Waals surface area (Å²) >= 11 is 0. The number of aliphatic hydroxyl groups is 1. The fraction of sp³-hybridized carbons (Fsp3) is 0.571. The smallest absolute Gasteiger partial charge is 0.339 e. The predicted molar refractivity (Wildman–Crippen MR) is 72.5 cm³/mol. The van der Waals surface area contributed by atoms with E-state index in [9.17, 15) is 19.4 Å². The van der Waals surface area contributed by atoms with E-state index in [1.165, 1.54) is 6.42 Å². The van der Waals surface area contributed by atoms with Crippen molar-refractivity contribution in [2.24, 2.45) is 0 Å². The number of aromatic nitrogens is 1. The monoisotopic (exact) mass is 282 g/mol. The fourth-order valence-corrected chi connectivity index (χ4v) is 2.78. The first-order chi connectivity index (χ1) is 9.63. The van der Waals surface area contributed by atoms with Crippen LogP contribution in [0.4, 0.5) is 10.2 Å². The summed E-state index contributed by atoms with van der Waals surface area (Å²) in [5, 5.41) is 18.4. The zero-order valence-electron chi connectivity index (χ0n) is 11.3. The van der Waals surface area contributed by atoms with Crippen molar-refractivity contribution in [2.45, 2.75) is 38.1 Å². The van der Waals surface area contributed by atoms with E-state index < -0.39 is 11.8 Å². The molecule has 5 nitrogen and oxygen atoms in total. The zero-order valence-corrected chi connectivity index (χ0v) is 11.3. The number of aromatic carboxylic acids is 1. The highest BCUT2D eigenvalue weighted by atomic mass is 19.1. The van der Waals surface area contributed by atoms with Crippen LogP contribution < -0.4 is 4.90 Å². The van der Waals surface area contributed by atoms with E-state index in [-0.39, 0.29) is 24.0 Å². The Labute approximate surface area is 117 Å². The Morgan fingerprint density at radius 3 is 2.70 bits per heavy atom. The number of rotatable bonds is 5. The largest absolute Gasteiger partial charge is 0.478 e. The van der Waals surface area contributed by atoms with Crippen molar-refractivity contribution < 1.29 is 19.4 Å². The second-order valence-electron chi connectivity index (χ2n) is 5.04. The van der Waals surface area contributed by atoms with Crippen molar-refractivity contribution in [3.8, 4) is 0 Å². The molecule has 1 aromatic heterocycles. The topological polar surface area (TPSA) is 73.7 Å². The highest BCUT2D eigenvalue weighted by Gasteiger charge is 2.26. The zero-order chi connectivity index (χ0) is 14.5. The van der Waals surface area contributed by atoms with Gasteiger partial charge in [0, 0.05) is 12.6 Å². The maximum Gasteiger partial charge on any atom is 0.339 e. The quantitative estimate of drug-likeness (QED) is 0.864. The maximum absolute atomic E-state index is 13.2. The van der Waals surface area contributed by atoms with E-state index >= 15 is 0 Å². The Kier molecular flexibility index (Phi) is 4.89. The summed E-state index contributed by atoms with van der Waals surface area (Å²) in [6.45, 7) is 0.220. The van der Waals surface area contributed by atoms with Gasteiger partial charge in [0.15, 0.2) is 0 Å². The van der Waals surface area contributed by atoms with Crippen LogP contribution in [0.1, 0.15) is 42.5 Å². The highest BCUT2D eigenvalue weighted by molar-refractivity contribution is 5.93. The van der Waals surface area contributed by atoms with E-state index in [1.54, 1.807) is 0 Å². The predicted octanol–water partition coefficient (Wildman–Crippen LogP) is 2.05. The summed E-state index contributed by atoms with van der Waals surface area (Å²) in [5.41, 5.74) is -0.149. The van der Waals surface area contributed by atoms with Gasteiger partial charge in [-0.05, 0) is 18.9 Å². The average molecular weight is 282 g/mol. The Morgan fingerprint density at radius 1 is 1.40 bits per heavy atom. The Hall–Kier alpha value is -1.69. The van der Waals surface area contributed by atoms with Crippen molar-refractivity contribution in [1.82, 2.24) is 4.98 Å². The van der Waals surface area contributed by atoms with Crippen LogP contribution in [-0.2, 0) is 0 Å². The summed E-state index contributed by atoms with van der Waals surface area (Å²) < 4.78 is 13.2. The van der Waals surface area contributed by atoms with Crippen molar-refractivity contribution in [3.05, 3.63) is 23.6 Å². The van der Waals surface area contributed by atoms with Gasteiger partial charge in [-0.25, -0.2) is 14.2 Å². The molecule has 1 fully saturated rings. The van der Waals surface area contributed by atoms with Gasteiger partial charge in [0.25, 0.3) is 0 Å². The molecule has 2 rings (SSSR count). The van der Waals surface area contributed by atoms with Crippen LogP contribution in [0.2, 0.25) is 0 Å². The molecule has 0 unspecified atom stereocenters. The van der Waals surface area contributed by atoms with Gasteiger partial charge < -0.3 is 15.1 Å². The van der Waals surface area contributed by atoms with Gasteiger partial charge in [-0.15, -0.1) is 0 Å². The third-order valence-electron chi connectivity index (χ3n) is 3.69. The molecule has 110 valence electrons. The number of carbonyl (C=O) groups is 1. The van der Waals surface area contributed by atoms with Gasteiger partial charge >= 0.3 is 5.97 Å². The van der Waals surface area contributed by atoms with E-state index in [2.05, 4.69) is 4.98 Å². The molecule has 1 aromatic rings. The van der Waals surface area contributed by atoms with Gasteiger partial charge in [0.1, 0.15) is 17.2 Å². The van der Waals surface area contributed by atoms with Crippen molar-refractivity contribution in [1.29, 1.82) is 0 Å². The second-order valence-corrected chi connectivity index (χ2v) is 5.04. The van der Waals surface area contributed by atoms with Gasteiger partial charge in [0.2, 0.25) is 0 Å². The molecule has 20 heavy (non-hydrogen) atoms. The molecule has 1 aliphatic carbocycles. The molecule has 0 spiro atoms. The summed E-state index contributed by atoms with van der Waals surface area (Å²) in [6, 6.07) is 1.14. The van der Waals surface area contributed by atoms with E-state index in [4.69, 9.17) is 0 Å². The molecule has 0 bridgehead atoms. The van der Waals surface area contributed by atoms with Crippen LogP contribution in [-0.4, -0.2) is 40.4 Å². The lowest BCUT2D eigenvalue weighted by molar-refractivity contribution is 0.0696. The van der Waals surface area contributed by atoms with Crippen molar-refractivity contribution in [3.63, 3.8) is 0 Å². The number of halogens is 1. The third-order valence-corrected chi connectivity index (χ3v) is 3.69. The number of nitrogens with zero attached hydrogens (tertiary/aromatic N) is 2. The fourth-order valence-electron chi connectivity index (χ4n) is 2.78. The Bertz CT molecular complexity index is 475. The number of carboxylic acids is 1. The van der Waals surface area contributed by atoms with Gasteiger partial charge in [0.05, 0.1) is 12.8 Å². The number of pyridine rings is 1. The average Bonchev–Trinajstić information content (AvgIpc) is 2.46. The molecule has 0 amide bonds. The first-order valence-corrected chi connectivity index (χ1v) is 6.90. The van der Waals surface area contributed by atoms with E-state index in [1.807, 2.05) is 4.90 Å². The van der Waals surface area contributed by atoms with Gasteiger partial charge in [-0.1, -0.05) is 19.3 Å². The number of hydrogen-bond acceptors (Lipinski definition) is 4. The van der Waals surface area contributed by atoms with Crippen molar-refractivity contribution in [2.75, 3.05) is 18.1 Å². The third kappa shape index (κ3) is 3.25. The summed E-state index contributed by atoms with van der Waals surface area (Å²) in [4.78, 5) is 17.0. The molecule has 6 heteroatoms. The molecule has 0 atom stereocenters. The SMILES string of the molecule is O=C(O)c1cc(F)cnc1N(CCO)C1CCCCC1. The molecule has 1 heterocycles. The summed E-state index contributed by atoms with van der Waals surface area (Å²) in [6.07, 6.45) is 6.24. The first-order valence-electron chi connectivity index (χ1n) is 6.90. The van der Waals surface area contributed by atoms with Crippen LogP contribution >= 0.6 is 0 Å². The molecule has 1 saturated carbocycles. The number of anilines is 1. The van der Waals surface area contributed by atoms with Crippen molar-refractivity contribution >= 4 is 11.8 Å². The molecule has 0 saturated heterocycles. The lowest BCUT2D eigenvalue weighted by Gasteiger charge is -2.35. The summed E-state index contributed by atoms with van der Waals surface area (Å²) in [7, 11) is 0. The van der Waals surface area contributed by atoms with Crippen LogP contribution in [0.5, 0.6) is 0 Å². The minimum absolute atomic E-state index is 0.0887. The van der Waals surface area contributed by atoms with Crippen LogP contribution in [0.15, 0.2) is 12.3 Å². The van der Waals surface area contributed by atoms with Crippen LogP contribution in [0.3, 0.4) is 0 Å². The normalized spacial score (nSPS) is 16.1. The molecule has 2 N–H and O–H groups in total. The molecule has 0 aliphatic heterocycles. The maximum atomic E-state index is 13.2. The molecular formula is C14H19FN2O3. The lowest BCUT2D eigenvalue weighted by Crippen LogP contribution is -2.40. The molecule has 0 radical (unpaired) electrons. The highest BCUT2D eigenvalue weighted by Crippen LogP contribution is 2.28. The van der Waals surface area contributed by atoms with Crippen LogP contribution in [0, 0.1) is 5.82 Å². The Morgan fingerprint density at radius 2 is 2.10 bits per heavy atom. The number of hydrogen-bond donors (Lipinski definition) is 2. The lowest BCUT2D eigenvalue weighted by atomic mass is 9.94. The number of aliphatic hydroxyl groups excluding tert-OH is 1. The number of carboxylic acid groups (broad SMARTS) is 1. The van der Waals surface area contributed by atoms with Gasteiger partial charge in [-0.2, -0.15) is 0 Å². The Balaban J connectivity index is 2.35. The summed E-state index contributed by atoms with van der Waals surface area (Å²) in [5.74, 6) is -1.62. The minimum Gasteiger partial charge on any atom is -0.478 e. The minimum atomic E-state index is -1.20. The van der Waals surface area contributed by atoms with Gasteiger partial charge in [-0.3, -0.25) is 0 Å². The molecular weight excluding hydrogens is 263 g/mol. The van der Waals surface area contributed by atoms with E-state index in [0.29, 0.717) is 6.54 Å².